The van der Waals surface area contributed by atoms with Gasteiger partial charge in [0.15, 0.2) is 0 Å². The fraction of sp³-hybridized carbons (Fsp3) is 0.800. The molecule has 1 N–H and O–H groups in total. The lowest BCUT2D eigenvalue weighted by molar-refractivity contribution is -0.139. The number of nitrogens with one attached hydrogen (secondary N) is 1. The van der Waals surface area contributed by atoms with Gasteiger partial charge in [-0.1, -0.05) is 0 Å². The molecule has 0 aliphatic carbocycles. The van der Waals surface area contributed by atoms with E-state index in [0.717, 1.165) is 0 Å². The molecule has 0 aromatic carbocycles. The van der Waals surface area contributed by atoms with Crippen LogP contribution in [0.5, 0.6) is 0 Å². The molecule has 1 unspecified atom stereocenters. The van der Waals surface area contributed by atoms with Crippen molar-refractivity contribution in [1.82, 2.24) is 20.1 Å². The van der Waals surface area contributed by atoms with E-state index in [-0.39, 0.29) is 12.5 Å². The van der Waals surface area contributed by atoms with Gasteiger partial charge in [0, 0.05) is 18.5 Å². The van der Waals surface area contributed by atoms with E-state index in [9.17, 15) is 13.2 Å². The van der Waals surface area contributed by atoms with E-state index >= 15 is 0 Å². The van der Waals surface area contributed by atoms with Crippen LogP contribution >= 0.6 is 0 Å². The molecule has 0 saturated heterocycles. The minimum atomic E-state index is -4.17. The Morgan fingerprint density at radius 2 is 2.06 bits per heavy atom. The zero-order chi connectivity index (χ0) is 13.1. The van der Waals surface area contributed by atoms with Gasteiger partial charge in [0.05, 0.1) is 6.42 Å². The number of aromatic nitrogens is 3. The van der Waals surface area contributed by atoms with Crippen molar-refractivity contribution in [3.05, 3.63) is 12.2 Å². The summed E-state index contributed by atoms with van der Waals surface area (Å²) in [6, 6.07) is -0.576. The molecule has 98 valence electrons. The van der Waals surface area contributed by atoms with Crippen LogP contribution in [0.15, 0.2) is 6.33 Å². The molecule has 1 heterocycles. The Kier molecular flexibility index (Phi) is 4.50. The third-order valence-corrected chi connectivity index (χ3v) is 2.45. The van der Waals surface area contributed by atoms with Crippen molar-refractivity contribution in [1.29, 1.82) is 0 Å². The minimum absolute atomic E-state index is 0.0934. The molecule has 0 saturated carbocycles. The van der Waals surface area contributed by atoms with Crippen LogP contribution in [-0.4, -0.2) is 34.0 Å². The molecule has 1 rings (SSSR count). The molecule has 0 spiro atoms. The third-order valence-electron chi connectivity index (χ3n) is 2.45. The zero-order valence-electron chi connectivity index (χ0n) is 10.1. The Hall–Kier alpha value is -1.11. The SMILES string of the molecule is CNC(Cc1ncnn1C(C)C)CC(F)(F)F. The standard InChI is InChI=1S/C10H17F3N4/c1-7(2)17-9(15-6-16-17)4-8(14-3)5-10(11,12)13/h6-8,14H,4-5H2,1-3H3. The number of alkyl halides is 3. The summed E-state index contributed by atoms with van der Waals surface area (Å²) in [5, 5.41) is 6.66. The molecule has 0 fully saturated rings. The van der Waals surface area contributed by atoms with Gasteiger partial charge in [-0.25, -0.2) is 9.67 Å². The summed E-state index contributed by atoms with van der Waals surface area (Å²) in [6.45, 7) is 3.83. The molecular formula is C10H17F3N4. The number of hydrogen-bond donors (Lipinski definition) is 1. The Bertz CT molecular complexity index is 346. The topological polar surface area (TPSA) is 42.7 Å². The number of nitrogens with zero attached hydrogens (tertiary/aromatic N) is 3. The van der Waals surface area contributed by atoms with Crippen molar-refractivity contribution < 1.29 is 13.2 Å². The van der Waals surface area contributed by atoms with Crippen LogP contribution in [-0.2, 0) is 6.42 Å². The number of halogens is 3. The molecule has 1 aromatic rings. The Morgan fingerprint density at radius 3 is 2.53 bits per heavy atom. The fourth-order valence-electron chi connectivity index (χ4n) is 1.63. The highest BCUT2D eigenvalue weighted by atomic mass is 19.4. The van der Waals surface area contributed by atoms with E-state index in [1.807, 2.05) is 13.8 Å². The second-order valence-electron chi connectivity index (χ2n) is 4.22. The van der Waals surface area contributed by atoms with Crippen LogP contribution in [0.3, 0.4) is 0 Å². The first-order chi connectivity index (χ1) is 7.83. The molecular weight excluding hydrogens is 233 g/mol. The molecule has 17 heavy (non-hydrogen) atoms. The number of hydrogen-bond acceptors (Lipinski definition) is 3. The van der Waals surface area contributed by atoms with Crippen LogP contribution in [0.1, 0.15) is 32.1 Å². The predicted octanol–water partition coefficient (Wildman–Crippen LogP) is 1.94. The van der Waals surface area contributed by atoms with Gasteiger partial charge in [-0.05, 0) is 20.9 Å². The summed E-state index contributed by atoms with van der Waals surface area (Å²) in [4.78, 5) is 4.00. The first kappa shape index (κ1) is 14.0. The molecule has 0 bridgehead atoms. The monoisotopic (exact) mass is 250 g/mol. The molecule has 0 radical (unpaired) electrons. The van der Waals surface area contributed by atoms with Crippen LogP contribution in [0.4, 0.5) is 13.2 Å². The van der Waals surface area contributed by atoms with Crippen molar-refractivity contribution in [2.75, 3.05) is 7.05 Å². The largest absolute Gasteiger partial charge is 0.390 e. The summed E-state index contributed by atoms with van der Waals surface area (Å²) in [5.74, 6) is 0.573. The fourth-order valence-corrected chi connectivity index (χ4v) is 1.63. The Balaban J connectivity index is 2.71. The summed E-state index contributed by atoms with van der Waals surface area (Å²) in [7, 11) is 1.52. The molecule has 1 atom stereocenters. The Morgan fingerprint density at radius 1 is 1.41 bits per heavy atom. The van der Waals surface area contributed by atoms with E-state index in [0.29, 0.717) is 5.82 Å². The highest BCUT2D eigenvalue weighted by Gasteiger charge is 2.32. The third kappa shape index (κ3) is 4.33. The van der Waals surface area contributed by atoms with Gasteiger partial charge < -0.3 is 5.32 Å². The zero-order valence-corrected chi connectivity index (χ0v) is 10.1. The van der Waals surface area contributed by atoms with Crippen LogP contribution in [0.25, 0.3) is 0 Å². The molecule has 7 heteroatoms. The van der Waals surface area contributed by atoms with Crippen molar-refractivity contribution in [3.8, 4) is 0 Å². The Labute approximate surface area is 98.2 Å². The molecule has 1 aromatic heterocycles. The molecule has 0 amide bonds. The lowest BCUT2D eigenvalue weighted by Crippen LogP contribution is -2.34. The quantitative estimate of drug-likeness (QED) is 0.868. The van der Waals surface area contributed by atoms with Crippen LogP contribution < -0.4 is 5.32 Å². The van der Waals surface area contributed by atoms with E-state index < -0.39 is 18.6 Å². The highest BCUT2D eigenvalue weighted by molar-refractivity contribution is 4.91. The van der Waals surface area contributed by atoms with E-state index in [4.69, 9.17) is 0 Å². The van der Waals surface area contributed by atoms with Gasteiger partial charge in [-0.2, -0.15) is 18.3 Å². The normalized spacial score (nSPS) is 14.3. The van der Waals surface area contributed by atoms with Crippen molar-refractivity contribution >= 4 is 0 Å². The average molecular weight is 250 g/mol. The van der Waals surface area contributed by atoms with Gasteiger partial charge in [0.25, 0.3) is 0 Å². The van der Waals surface area contributed by atoms with Gasteiger partial charge in [-0.15, -0.1) is 0 Å². The van der Waals surface area contributed by atoms with Crippen molar-refractivity contribution in [2.24, 2.45) is 0 Å². The smallest absolute Gasteiger partial charge is 0.316 e. The minimum Gasteiger partial charge on any atom is -0.316 e. The van der Waals surface area contributed by atoms with Crippen molar-refractivity contribution in [3.63, 3.8) is 0 Å². The van der Waals surface area contributed by atoms with Crippen LogP contribution in [0.2, 0.25) is 0 Å². The van der Waals surface area contributed by atoms with E-state index in [1.165, 1.54) is 13.4 Å². The molecule has 0 aliphatic rings. The predicted molar refractivity (Wildman–Crippen MR) is 57.6 cm³/mol. The second-order valence-corrected chi connectivity index (χ2v) is 4.22. The maximum atomic E-state index is 12.3. The average Bonchev–Trinajstić information content (AvgIpc) is 2.62. The van der Waals surface area contributed by atoms with E-state index in [1.54, 1.807) is 4.68 Å². The second kappa shape index (κ2) is 5.48. The van der Waals surface area contributed by atoms with Gasteiger partial charge >= 0.3 is 6.18 Å². The summed E-state index contributed by atoms with van der Waals surface area (Å²) in [5.41, 5.74) is 0. The molecule has 0 aliphatic heterocycles. The summed E-state index contributed by atoms with van der Waals surface area (Å²) in [6.07, 6.45) is -3.45. The number of likely N-dealkylation sites (N-methyl/N-ethyl adjacent to an activating group) is 1. The van der Waals surface area contributed by atoms with E-state index in [2.05, 4.69) is 15.4 Å². The number of rotatable bonds is 5. The summed E-state index contributed by atoms with van der Waals surface area (Å²) < 4.78 is 38.5. The lowest BCUT2D eigenvalue weighted by atomic mass is 10.1. The first-order valence-electron chi connectivity index (χ1n) is 5.46. The van der Waals surface area contributed by atoms with Gasteiger partial charge in [-0.3, -0.25) is 0 Å². The molecule has 4 nitrogen and oxygen atoms in total. The van der Waals surface area contributed by atoms with Gasteiger partial charge in [0.1, 0.15) is 12.2 Å². The first-order valence-corrected chi connectivity index (χ1v) is 5.46. The van der Waals surface area contributed by atoms with Crippen LogP contribution in [0, 0.1) is 0 Å². The maximum Gasteiger partial charge on any atom is 0.390 e. The highest BCUT2D eigenvalue weighted by Crippen LogP contribution is 2.23. The van der Waals surface area contributed by atoms with Crippen molar-refractivity contribution in [2.45, 2.75) is 44.9 Å². The maximum absolute atomic E-state index is 12.3. The lowest BCUT2D eigenvalue weighted by Gasteiger charge is -2.18. The van der Waals surface area contributed by atoms with Gasteiger partial charge in [0.2, 0.25) is 0 Å². The summed E-state index contributed by atoms with van der Waals surface area (Å²) >= 11 is 0.